The second kappa shape index (κ2) is 5.73. The number of hydrogen-bond donors (Lipinski definition) is 0. The van der Waals surface area contributed by atoms with E-state index in [1.807, 2.05) is 13.8 Å². The molecule has 2 heterocycles. The molecule has 6 nitrogen and oxygen atoms in total. The van der Waals surface area contributed by atoms with E-state index in [0.717, 1.165) is 12.7 Å². The molecule has 2 aromatic heterocycles. The Morgan fingerprint density at radius 3 is 2.95 bits per heavy atom. The molecule has 0 aliphatic carbocycles. The van der Waals surface area contributed by atoms with Gasteiger partial charge in [-0.2, -0.15) is 5.10 Å². The average molecular weight is 276 g/mol. The van der Waals surface area contributed by atoms with Crippen LogP contribution in [0, 0.1) is 0 Å². The van der Waals surface area contributed by atoms with Crippen LogP contribution in [0.1, 0.15) is 47.0 Å². The molecule has 0 radical (unpaired) electrons. The highest BCUT2D eigenvalue weighted by Gasteiger charge is 2.18. The van der Waals surface area contributed by atoms with E-state index in [4.69, 9.17) is 4.42 Å². The van der Waals surface area contributed by atoms with Gasteiger partial charge in [-0.25, -0.2) is 4.79 Å². The lowest BCUT2D eigenvalue weighted by molar-refractivity contribution is 0.0600. The van der Waals surface area contributed by atoms with Crippen LogP contribution in [0.2, 0.25) is 0 Å². The number of ether oxygens (including phenoxy) is 1. The van der Waals surface area contributed by atoms with E-state index in [-0.39, 0.29) is 11.6 Å². The minimum absolute atomic E-state index is 0.178. The van der Waals surface area contributed by atoms with Crippen molar-refractivity contribution in [1.82, 2.24) is 9.78 Å². The zero-order valence-electron chi connectivity index (χ0n) is 11.6. The summed E-state index contributed by atoms with van der Waals surface area (Å²) in [6.07, 6.45) is 4.58. The summed E-state index contributed by atoms with van der Waals surface area (Å²) in [6.45, 7) is 4.04. The minimum atomic E-state index is -0.492. The summed E-state index contributed by atoms with van der Waals surface area (Å²) in [5, 5.41) is 4.36. The molecule has 0 N–H and O–H groups in total. The molecule has 0 bridgehead atoms. The lowest BCUT2D eigenvalue weighted by Crippen LogP contribution is -2.04. The van der Waals surface area contributed by atoms with Crippen molar-refractivity contribution in [2.45, 2.75) is 26.3 Å². The van der Waals surface area contributed by atoms with E-state index in [9.17, 15) is 9.59 Å². The van der Waals surface area contributed by atoms with Gasteiger partial charge in [0.2, 0.25) is 0 Å². The molecule has 2 rings (SSSR count). The van der Waals surface area contributed by atoms with Gasteiger partial charge in [0.15, 0.2) is 12.0 Å². The van der Waals surface area contributed by atoms with Crippen molar-refractivity contribution in [3.05, 3.63) is 29.7 Å². The number of methoxy groups -OCH3 is 1. The van der Waals surface area contributed by atoms with Crippen LogP contribution in [0.15, 0.2) is 22.9 Å². The summed E-state index contributed by atoms with van der Waals surface area (Å²) < 4.78 is 11.6. The van der Waals surface area contributed by atoms with Gasteiger partial charge in [-0.15, -0.1) is 0 Å². The first-order chi connectivity index (χ1) is 9.60. The van der Waals surface area contributed by atoms with Gasteiger partial charge < -0.3 is 9.15 Å². The van der Waals surface area contributed by atoms with E-state index < -0.39 is 5.97 Å². The third-order valence-corrected chi connectivity index (χ3v) is 3.18. The van der Waals surface area contributed by atoms with Gasteiger partial charge in [0.1, 0.15) is 12.0 Å². The number of aromatic nitrogens is 2. The van der Waals surface area contributed by atoms with Gasteiger partial charge >= 0.3 is 5.97 Å². The highest BCUT2D eigenvalue weighted by atomic mass is 16.5. The third kappa shape index (κ3) is 2.49. The zero-order chi connectivity index (χ0) is 14.7. The topological polar surface area (TPSA) is 74.3 Å². The maximum Gasteiger partial charge on any atom is 0.341 e. The number of esters is 1. The molecule has 20 heavy (non-hydrogen) atoms. The lowest BCUT2D eigenvalue weighted by atomic mass is 10.2. The molecule has 2 aromatic rings. The molecule has 0 saturated heterocycles. The SMILES string of the molecule is CCC(C)n1cc(C=O)c(-c2cc(C(=O)OC)co2)n1. The predicted molar refractivity (Wildman–Crippen MR) is 71.7 cm³/mol. The Hall–Kier alpha value is -2.37. The second-order valence-electron chi connectivity index (χ2n) is 4.48. The van der Waals surface area contributed by atoms with Crippen molar-refractivity contribution < 1.29 is 18.7 Å². The Morgan fingerprint density at radius 2 is 2.35 bits per heavy atom. The van der Waals surface area contributed by atoms with E-state index >= 15 is 0 Å². The Bertz CT molecular complexity index is 627. The Kier molecular flexibility index (Phi) is 4.02. The fraction of sp³-hybridized carbons (Fsp3) is 0.357. The molecule has 0 aliphatic rings. The average Bonchev–Trinajstić information content (AvgIpc) is 3.11. The van der Waals surface area contributed by atoms with Crippen LogP contribution in [0.4, 0.5) is 0 Å². The molecule has 106 valence electrons. The predicted octanol–water partition coefficient (Wildman–Crippen LogP) is 2.71. The molecule has 0 fully saturated rings. The first-order valence-corrected chi connectivity index (χ1v) is 6.32. The summed E-state index contributed by atoms with van der Waals surface area (Å²) in [7, 11) is 1.30. The molecule has 0 amide bonds. The number of carbonyl (C=O) groups is 2. The number of rotatable bonds is 5. The Balaban J connectivity index is 2.41. The van der Waals surface area contributed by atoms with Crippen molar-refractivity contribution in [3.63, 3.8) is 0 Å². The van der Waals surface area contributed by atoms with Gasteiger partial charge in [0.25, 0.3) is 0 Å². The zero-order valence-corrected chi connectivity index (χ0v) is 11.6. The molecule has 0 aromatic carbocycles. The molecule has 6 heteroatoms. The lowest BCUT2D eigenvalue weighted by Gasteiger charge is -2.07. The summed E-state index contributed by atoms with van der Waals surface area (Å²) in [4.78, 5) is 22.5. The van der Waals surface area contributed by atoms with Gasteiger partial charge in [-0.1, -0.05) is 6.92 Å². The summed E-state index contributed by atoms with van der Waals surface area (Å²) in [5.74, 6) is -0.122. The highest BCUT2D eigenvalue weighted by molar-refractivity contribution is 5.91. The number of furan rings is 1. The molecular formula is C14H16N2O4. The maximum absolute atomic E-state index is 11.4. The van der Waals surface area contributed by atoms with Crippen molar-refractivity contribution >= 4 is 12.3 Å². The molecule has 0 spiro atoms. The van der Waals surface area contributed by atoms with Gasteiger partial charge in [-0.3, -0.25) is 9.48 Å². The van der Waals surface area contributed by atoms with Crippen LogP contribution in [0.3, 0.4) is 0 Å². The van der Waals surface area contributed by atoms with Crippen LogP contribution in [-0.4, -0.2) is 29.1 Å². The van der Waals surface area contributed by atoms with Gasteiger partial charge in [-0.05, 0) is 13.3 Å². The monoisotopic (exact) mass is 276 g/mol. The fourth-order valence-electron chi connectivity index (χ4n) is 1.78. The quantitative estimate of drug-likeness (QED) is 0.620. The van der Waals surface area contributed by atoms with Crippen LogP contribution in [0.25, 0.3) is 11.5 Å². The smallest absolute Gasteiger partial charge is 0.341 e. The summed E-state index contributed by atoms with van der Waals surface area (Å²) in [5.41, 5.74) is 1.14. The van der Waals surface area contributed by atoms with Crippen LogP contribution in [0.5, 0.6) is 0 Å². The van der Waals surface area contributed by atoms with Crippen LogP contribution < -0.4 is 0 Å². The molecule has 0 saturated carbocycles. The van der Waals surface area contributed by atoms with Gasteiger partial charge in [0, 0.05) is 18.3 Å². The standard InChI is InChI=1S/C14H16N2O4/c1-4-9(2)16-6-11(7-17)13(15-16)12-5-10(8-20-12)14(18)19-3/h5-9H,4H2,1-3H3. The summed E-state index contributed by atoms with van der Waals surface area (Å²) >= 11 is 0. The van der Waals surface area contributed by atoms with Crippen LogP contribution in [-0.2, 0) is 4.74 Å². The first kappa shape index (κ1) is 14.0. The molecule has 1 unspecified atom stereocenters. The fourth-order valence-corrected chi connectivity index (χ4v) is 1.78. The van der Waals surface area contributed by atoms with Crippen LogP contribution >= 0.6 is 0 Å². The van der Waals surface area contributed by atoms with Gasteiger partial charge in [0.05, 0.1) is 18.2 Å². The molecule has 0 aliphatic heterocycles. The number of hydrogen-bond acceptors (Lipinski definition) is 5. The minimum Gasteiger partial charge on any atom is -0.465 e. The Labute approximate surface area is 116 Å². The highest BCUT2D eigenvalue weighted by Crippen LogP contribution is 2.25. The largest absolute Gasteiger partial charge is 0.465 e. The van der Waals surface area contributed by atoms with E-state index in [0.29, 0.717) is 17.0 Å². The second-order valence-corrected chi connectivity index (χ2v) is 4.48. The number of carbonyl (C=O) groups excluding carboxylic acids is 2. The molecule has 1 atom stereocenters. The van der Waals surface area contributed by atoms with E-state index in [1.54, 1.807) is 10.9 Å². The van der Waals surface area contributed by atoms with Crippen molar-refractivity contribution in [2.75, 3.05) is 7.11 Å². The Morgan fingerprint density at radius 1 is 1.60 bits per heavy atom. The first-order valence-electron chi connectivity index (χ1n) is 6.32. The number of aldehydes is 1. The van der Waals surface area contributed by atoms with Crippen molar-refractivity contribution in [1.29, 1.82) is 0 Å². The normalized spacial score (nSPS) is 12.2. The van der Waals surface area contributed by atoms with Crippen molar-refractivity contribution in [3.8, 4) is 11.5 Å². The number of nitrogens with zero attached hydrogens (tertiary/aromatic N) is 2. The third-order valence-electron chi connectivity index (χ3n) is 3.18. The van der Waals surface area contributed by atoms with Crippen molar-refractivity contribution in [2.24, 2.45) is 0 Å². The summed E-state index contributed by atoms with van der Waals surface area (Å²) in [6, 6.07) is 1.69. The van der Waals surface area contributed by atoms with E-state index in [2.05, 4.69) is 9.84 Å². The maximum atomic E-state index is 11.4. The van der Waals surface area contributed by atoms with E-state index in [1.165, 1.54) is 19.4 Å². The molecular weight excluding hydrogens is 260 g/mol.